The molecule has 0 saturated carbocycles. The van der Waals surface area contributed by atoms with Crippen LogP contribution in [0.1, 0.15) is 51.3 Å². The topological polar surface area (TPSA) is 34.0 Å². The van der Waals surface area contributed by atoms with Crippen LogP contribution in [0.25, 0.3) is 22.0 Å². The average molecular weight is 545 g/mol. The van der Waals surface area contributed by atoms with Crippen LogP contribution in [-0.2, 0) is 12.7 Å². The van der Waals surface area contributed by atoms with Gasteiger partial charge in [0.25, 0.3) is 5.91 Å². The van der Waals surface area contributed by atoms with Crippen LogP contribution in [-0.4, -0.2) is 10.5 Å². The van der Waals surface area contributed by atoms with Gasteiger partial charge < -0.3 is 9.88 Å². The monoisotopic (exact) mass is 544 g/mol. The van der Waals surface area contributed by atoms with E-state index >= 15 is 0 Å². The van der Waals surface area contributed by atoms with E-state index in [9.17, 15) is 22.4 Å². The number of nitrogens with zero attached hydrogens (tertiary/aromatic N) is 1. The lowest BCUT2D eigenvalue weighted by atomic mass is 10.0. The van der Waals surface area contributed by atoms with Crippen molar-refractivity contribution in [2.45, 2.75) is 39.5 Å². The fourth-order valence-corrected chi connectivity index (χ4v) is 5.00. The molecule has 0 radical (unpaired) electrons. The number of aryl methyl sites for hydroxylation is 1. The number of alkyl halides is 3. The van der Waals surface area contributed by atoms with Gasteiger partial charge >= 0.3 is 6.18 Å². The molecular formula is C33H28F4N2O. The maximum atomic E-state index is 14.0. The van der Waals surface area contributed by atoms with E-state index in [1.54, 1.807) is 13.0 Å². The molecule has 5 rings (SSSR count). The van der Waals surface area contributed by atoms with Crippen molar-refractivity contribution in [2.24, 2.45) is 0 Å². The van der Waals surface area contributed by atoms with E-state index in [0.717, 1.165) is 44.9 Å². The Balaban J connectivity index is 1.35. The molecule has 1 amide bonds. The first-order valence-electron chi connectivity index (χ1n) is 12.9. The Morgan fingerprint density at radius 3 is 2.20 bits per heavy atom. The molecule has 3 nitrogen and oxygen atoms in total. The second-order valence-corrected chi connectivity index (χ2v) is 10.0. The molecule has 0 unspecified atom stereocenters. The van der Waals surface area contributed by atoms with Crippen LogP contribution in [0, 0.1) is 19.7 Å². The molecule has 0 fully saturated rings. The first kappa shape index (κ1) is 27.2. The summed E-state index contributed by atoms with van der Waals surface area (Å²) < 4.78 is 54.9. The molecule has 0 aliphatic rings. The lowest BCUT2D eigenvalue weighted by molar-refractivity contribution is -0.140. The third-order valence-electron chi connectivity index (χ3n) is 7.45. The van der Waals surface area contributed by atoms with Crippen molar-refractivity contribution in [3.63, 3.8) is 0 Å². The summed E-state index contributed by atoms with van der Waals surface area (Å²) in [7, 11) is 0. The third-order valence-corrected chi connectivity index (χ3v) is 7.45. The van der Waals surface area contributed by atoms with E-state index in [4.69, 9.17) is 0 Å². The van der Waals surface area contributed by atoms with Gasteiger partial charge in [-0.15, -0.1) is 0 Å². The number of fused-ring (bicyclic) bond motifs is 1. The van der Waals surface area contributed by atoms with Crippen LogP contribution in [0.2, 0.25) is 0 Å². The van der Waals surface area contributed by atoms with Gasteiger partial charge in [-0.3, -0.25) is 4.79 Å². The lowest BCUT2D eigenvalue weighted by Crippen LogP contribution is -2.26. The summed E-state index contributed by atoms with van der Waals surface area (Å²) in [6.45, 7) is 6.34. The average Bonchev–Trinajstić information content (AvgIpc) is 3.17. The Morgan fingerprint density at radius 2 is 1.55 bits per heavy atom. The lowest BCUT2D eigenvalue weighted by Gasteiger charge is -2.16. The van der Waals surface area contributed by atoms with Crippen molar-refractivity contribution in [1.29, 1.82) is 0 Å². The zero-order chi connectivity index (χ0) is 28.6. The van der Waals surface area contributed by atoms with E-state index < -0.39 is 29.5 Å². The number of aromatic nitrogens is 1. The van der Waals surface area contributed by atoms with Gasteiger partial charge in [0.1, 0.15) is 5.82 Å². The standard InChI is InChI=1S/C33H28F4N2O/c1-20-22(3)39(19-23-9-11-25(12-10-23)24-7-5-4-6-8-24)31-16-14-27(17-28(20)31)32(40)38-21(2)26-13-15-29(30(34)18-26)33(35,36)37/h4-18,21H,19H2,1-3H3,(H,38,40)/t21-/m1/s1. The normalized spacial score (nSPS) is 12.5. The number of rotatable bonds is 6. The van der Waals surface area contributed by atoms with E-state index in [-0.39, 0.29) is 5.56 Å². The Morgan fingerprint density at radius 1 is 0.875 bits per heavy atom. The highest BCUT2D eigenvalue weighted by Gasteiger charge is 2.34. The van der Waals surface area contributed by atoms with Gasteiger partial charge in [-0.25, -0.2) is 4.39 Å². The molecule has 1 heterocycles. The first-order chi connectivity index (χ1) is 19.0. The summed E-state index contributed by atoms with van der Waals surface area (Å²) in [6, 6.07) is 26.1. The van der Waals surface area contributed by atoms with Crippen LogP contribution >= 0.6 is 0 Å². The third kappa shape index (κ3) is 5.37. The first-order valence-corrected chi connectivity index (χ1v) is 12.9. The minimum atomic E-state index is -4.78. The molecule has 0 saturated heterocycles. The Kier molecular flexibility index (Phi) is 7.23. The van der Waals surface area contributed by atoms with Crippen LogP contribution in [0.5, 0.6) is 0 Å². The van der Waals surface area contributed by atoms with Gasteiger partial charge in [0.05, 0.1) is 11.6 Å². The van der Waals surface area contributed by atoms with Gasteiger partial charge in [0.15, 0.2) is 0 Å². The molecule has 1 aromatic heterocycles. The quantitative estimate of drug-likeness (QED) is 0.213. The van der Waals surface area contributed by atoms with Crippen molar-refractivity contribution >= 4 is 16.8 Å². The summed E-state index contributed by atoms with van der Waals surface area (Å²) in [5.41, 5.74) is 5.94. The molecule has 0 aliphatic heterocycles. The molecule has 0 aliphatic carbocycles. The highest BCUT2D eigenvalue weighted by Crippen LogP contribution is 2.33. The minimum Gasteiger partial charge on any atom is -0.346 e. The second-order valence-electron chi connectivity index (χ2n) is 10.0. The zero-order valence-electron chi connectivity index (χ0n) is 22.3. The van der Waals surface area contributed by atoms with Crippen molar-refractivity contribution in [3.05, 3.63) is 130 Å². The van der Waals surface area contributed by atoms with Crippen molar-refractivity contribution in [2.75, 3.05) is 0 Å². The maximum absolute atomic E-state index is 14.0. The number of halogens is 4. The SMILES string of the molecule is Cc1c(C)n(Cc2ccc(-c3ccccc3)cc2)c2ccc(C(=O)N[C@H](C)c3ccc(C(F)(F)F)c(F)c3)cc12. The molecule has 1 N–H and O–H groups in total. The fraction of sp³-hybridized carbons (Fsp3) is 0.182. The van der Waals surface area contributed by atoms with E-state index in [0.29, 0.717) is 18.2 Å². The molecular weight excluding hydrogens is 516 g/mol. The van der Waals surface area contributed by atoms with E-state index in [1.807, 2.05) is 37.3 Å². The van der Waals surface area contributed by atoms with E-state index in [1.165, 1.54) is 6.07 Å². The number of hydrogen-bond acceptors (Lipinski definition) is 1. The Hall–Kier alpha value is -4.39. The van der Waals surface area contributed by atoms with E-state index in [2.05, 4.69) is 53.2 Å². The summed E-state index contributed by atoms with van der Waals surface area (Å²) in [6.07, 6.45) is -4.78. The number of hydrogen-bond donors (Lipinski definition) is 1. The predicted molar refractivity (Wildman–Crippen MR) is 150 cm³/mol. The molecule has 5 aromatic rings. The minimum absolute atomic E-state index is 0.247. The summed E-state index contributed by atoms with van der Waals surface area (Å²) in [4.78, 5) is 13.0. The van der Waals surface area contributed by atoms with Gasteiger partial charge in [0.2, 0.25) is 0 Å². The number of carbonyl (C=O) groups is 1. The van der Waals surface area contributed by atoms with Crippen molar-refractivity contribution in [3.8, 4) is 11.1 Å². The summed E-state index contributed by atoms with van der Waals surface area (Å²) in [5, 5.41) is 3.71. The fourth-order valence-electron chi connectivity index (χ4n) is 5.00. The summed E-state index contributed by atoms with van der Waals surface area (Å²) in [5.74, 6) is -1.76. The van der Waals surface area contributed by atoms with Crippen LogP contribution in [0.4, 0.5) is 17.6 Å². The predicted octanol–water partition coefficient (Wildman–Crippen LogP) is 8.62. The molecule has 7 heteroatoms. The highest BCUT2D eigenvalue weighted by atomic mass is 19.4. The van der Waals surface area contributed by atoms with Crippen LogP contribution in [0.15, 0.2) is 91.0 Å². The molecule has 1 atom stereocenters. The number of benzene rings is 4. The number of carbonyl (C=O) groups excluding carboxylic acids is 1. The number of nitrogens with one attached hydrogen (secondary N) is 1. The molecule has 4 aromatic carbocycles. The molecule has 0 bridgehead atoms. The Labute approximate surface area is 230 Å². The maximum Gasteiger partial charge on any atom is 0.419 e. The highest BCUT2D eigenvalue weighted by molar-refractivity contribution is 5.99. The molecule has 40 heavy (non-hydrogen) atoms. The number of amides is 1. The van der Waals surface area contributed by atoms with Crippen LogP contribution in [0.3, 0.4) is 0 Å². The zero-order valence-corrected chi connectivity index (χ0v) is 22.3. The largest absolute Gasteiger partial charge is 0.419 e. The smallest absolute Gasteiger partial charge is 0.346 e. The summed E-state index contributed by atoms with van der Waals surface area (Å²) >= 11 is 0. The molecule has 0 spiro atoms. The van der Waals surface area contributed by atoms with Gasteiger partial charge in [-0.2, -0.15) is 13.2 Å². The van der Waals surface area contributed by atoms with Crippen LogP contribution < -0.4 is 5.32 Å². The van der Waals surface area contributed by atoms with Gasteiger partial charge in [-0.05, 0) is 78.9 Å². The van der Waals surface area contributed by atoms with Crippen molar-refractivity contribution < 1.29 is 22.4 Å². The van der Waals surface area contributed by atoms with Gasteiger partial charge in [-0.1, -0.05) is 60.7 Å². The second kappa shape index (κ2) is 10.6. The van der Waals surface area contributed by atoms with Gasteiger partial charge in [0, 0.05) is 28.7 Å². The van der Waals surface area contributed by atoms with Crippen molar-refractivity contribution in [1.82, 2.24) is 9.88 Å². The molecule has 204 valence electrons. The Bertz CT molecular complexity index is 1690.